The molecule has 2 N–H and O–H groups in total. The lowest BCUT2D eigenvalue weighted by Gasteiger charge is -2.33. The molecule has 0 saturated heterocycles. The summed E-state index contributed by atoms with van der Waals surface area (Å²) in [5, 5.41) is 18.4. The Hall–Kier alpha value is -4.50. The summed E-state index contributed by atoms with van der Waals surface area (Å²) in [5.74, 6) is -1.32. The fraction of sp³-hybridized carbons (Fsp3) is 0.172. The number of ether oxygens (including phenoxy) is 1. The molecular weight excluding hydrogens is 502 g/mol. The largest absolute Gasteiger partial charge is 0.476 e. The molecule has 1 aromatic heterocycles. The summed E-state index contributed by atoms with van der Waals surface area (Å²) in [6.07, 6.45) is 0.986. The standard InChI is InChI=1S/C29H27N3O5S/c1-2-3-19-36-28(35)31-27-30-24(20-38-27)25(26(33)34)32-37-29(21-13-7-4-8-14-21,22-15-9-5-10-16-22)23-17-11-6-12-18-23/h4-18,20H,2-3,19H2,1H3,(H,33,34)(H,30,31,35). The van der Waals surface area contributed by atoms with Gasteiger partial charge in [-0.3, -0.25) is 5.32 Å². The first-order valence-corrected chi connectivity index (χ1v) is 13.0. The number of carboxylic acid groups (broad SMARTS) is 1. The number of thiazole rings is 1. The van der Waals surface area contributed by atoms with Crippen LogP contribution in [0.1, 0.15) is 42.1 Å². The van der Waals surface area contributed by atoms with Crippen LogP contribution in [0.3, 0.4) is 0 Å². The maximum atomic E-state index is 12.3. The number of benzene rings is 3. The molecule has 0 fully saturated rings. The lowest BCUT2D eigenvalue weighted by atomic mass is 9.80. The van der Waals surface area contributed by atoms with Gasteiger partial charge >= 0.3 is 12.1 Å². The van der Waals surface area contributed by atoms with Gasteiger partial charge in [-0.2, -0.15) is 0 Å². The number of hydrogen-bond donors (Lipinski definition) is 2. The summed E-state index contributed by atoms with van der Waals surface area (Å²) in [4.78, 5) is 34.8. The predicted octanol–water partition coefficient (Wildman–Crippen LogP) is 6.29. The van der Waals surface area contributed by atoms with E-state index in [1.165, 1.54) is 5.38 Å². The van der Waals surface area contributed by atoms with Gasteiger partial charge in [0.2, 0.25) is 11.3 Å². The third-order valence-corrected chi connectivity index (χ3v) is 6.46. The fourth-order valence-corrected chi connectivity index (χ4v) is 4.54. The van der Waals surface area contributed by atoms with Crippen LogP contribution in [0.4, 0.5) is 9.93 Å². The van der Waals surface area contributed by atoms with Gasteiger partial charge in [-0.05, 0) is 6.42 Å². The number of carbonyl (C=O) groups excluding carboxylic acids is 1. The van der Waals surface area contributed by atoms with E-state index in [0.29, 0.717) is 0 Å². The smallest absolute Gasteiger partial charge is 0.413 e. The summed E-state index contributed by atoms with van der Waals surface area (Å²) >= 11 is 1.06. The van der Waals surface area contributed by atoms with Crippen molar-refractivity contribution < 1.29 is 24.3 Å². The molecule has 1 amide bonds. The van der Waals surface area contributed by atoms with Crippen LogP contribution in [-0.4, -0.2) is 34.5 Å². The second kappa shape index (κ2) is 12.6. The molecule has 1 heterocycles. The Morgan fingerprint density at radius 3 is 1.92 bits per heavy atom. The van der Waals surface area contributed by atoms with E-state index >= 15 is 0 Å². The minimum Gasteiger partial charge on any atom is -0.476 e. The van der Waals surface area contributed by atoms with Crippen molar-refractivity contribution in [3.8, 4) is 0 Å². The van der Waals surface area contributed by atoms with E-state index in [0.717, 1.165) is 40.9 Å². The number of amides is 1. The lowest BCUT2D eigenvalue weighted by molar-refractivity contribution is -0.129. The van der Waals surface area contributed by atoms with Crippen molar-refractivity contribution in [3.63, 3.8) is 0 Å². The number of aliphatic carboxylic acids is 1. The highest BCUT2D eigenvalue weighted by atomic mass is 32.1. The fourth-order valence-electron chi connectivity index (χ4n) is 3.86. The number of nitrogens with one attached hydrogen (secondary N) is 1. The Kier molecular flexibility index (Phi) is 8.84. The molecule has 0 atom stereocenters. The second-order valence-corrected chi connectivity index (χ2v) is 9.13. The highest BCUT2D eigenvalue weighted by Gasteiger charge is 2.40. The number of oxime groups is 1. The monoisotopic (exact) mass is 529 g/mol. The van der Waals surface area contributed by atoms with Gasteiger partial charge < -0.3 is 14.7 Å². The molecule has 3 aromatic carbocycles. The summed E-state index contributed by atoms with van der Waals surface area (Å²) < 4.78 is 5.09. The number of anilines is 1. The van der Waals surface area contributed by atoms with Crippen LogP contribution >= 0.6 is 11.3 Å². The van der Waals surface area contributed by atoms with Crippen molar-refractivity contribution in [1.82, 2.24) is 4.98 Å². The highest BCUT2D eigenvalue weighted by molar-refractivity contribution is 7.14. The first-order valence-electron chi connectivity index (χ1n) is 12.1. The summed E-state index contributed by atoms with van der Waals surface area (Å²) in [6, 6.07) is 28.5. The minimum absolute atomic E-state index is 0.0504. The van der Waals surface area contributed by atoms with E-state index < -0.39 is 23.4 Å². The van der Waals surface area contributed by atoms with Crippen molar-refractivity contribution in [2.45, 2.75) is 25.4 Å². The number of carboxylic acids is 1. The average Bonchev–Trinajstić information content (AvgIpc) is 3.40. The van der Waals surface area contributed by atoms with Gasteiger partial charge in [0, 0.05) is 22.1 Å². The van der Waals surface area contributed by atoms with Gasteiger partial charge in [-0.15, -0.1) is 11.3 Å². The molecule has 9 heteroatoms. The van der Waals surface area contributed by atoms with E-state index in [2.05, 4.69) is 15.5 Å². The maximum absolute atomic E-state index is 12.3. The number of carbonyl (C=O) groups is 2. The molecular formula is C29H27N3O5S. The zero-order chi connectivity index (χ0) is 26.8. The van der Waals surface area contributed by atoms with Crippen molar-refractivity contribution in [2.24, 2.45) is 5.16 Å². The summed E-state index contributed by atoms with van der Waals surface area (Å²) in [6.45, 7) is 2.28. The Labute approximate surface area is 224 Å². The normalized spacial score (nSPS) is 11.6. The predicted molar refractivity (Wildman–Crippen MR) is 146 cm³/mol. The molecule has 38 heavy (non-hydrogen) atoms. The molecule has 8 nitrogen and oxygen atoms in total. The van der Waals surface area contributed by atoms with Gasteiger partial charge in [-0.25, -0.2) is 14.6 Å². The molecule has 4 rings (SSSR count). The summed E-state index contributed by atoms with van der Waals surface area (Å²) in [5.41, 5.74) is 0.698. The minimum atomic E-state index is -1.32. The van der Waals surface area contributed by atoms with E-state index in [4.69, 9.17) is 9.57 Å². The van der Waals surface area contributed by atoms with E-state index in [-0.39, 0.29) is 17.4 Å². The molecule has 0 aliphatic carbocycles. The lowest BCUT2D eigenvalue weighted by Crippen LogP contribution is -2.32. The molecule has 0 saturated carbocycles. The number of nitrogens with zero attached hydrogens (tertiary/aromatic N) is 2. The van der Waals surface area contributed by atoms with Crippen LogP contribution in [0.25, 0.3) is 0 Å². The van der Waals surface area contributed by atoms with Gasteiger partial charge in [0.15, 0.2) is 5.13 Å². The molecule has 0 unspecified atom stereocenters. The Morgan fingerprint density at radius 2 is 1.45 bits per heavy atom. The van der Waals surface area contributed by atoms with Crippen LogP contribution in [0.5, 0.6) is 0 Å². The van der Waals surface area contributed by atoms with Crippen molar-refractivity contribution in [1.29, 1.82) is 0 Å². The molecule has 0 aliphatic rings. The average molecular weight is 530 g/mol. The zero-order valence-electron chi connectivity index (χ0n) is 20.7. The van der Waals surface area contributed by atoms with Crippen molar-refractivity contribution in [2.75, 3.05) is 11.9 Å². The Balaban J connectivity index is 1.74. The quantitative estimate of drug-likeness (QED) is 0.102. The second-order valence-electron chi connectivity index (χ2n) is 8.27. The number of hydrogen-bond acceptors (Lipinski definition) is 7. The van der Waals surface area contributed by atoms with E-state index in [9.17, 15) is 14.7 Å². The van der Waals surface area contributed by atoms with Crippen LogP contribution in [0, 0.1) is 0 Å². The molecule has 0 aliphatic heterocycles. The zero-order valence-corrected chi connectivity index (χ0v) is 21.6. The molecule has 4 aromatic rings. The van der Waals surface area contributed by atoms with Crippen LogP contribution in [-0.2, 0) is 20.0 Å². The summed E-state index contributed by atoms with van der Waals surface area (Å²) in [7, 11) is 0. The SMILES string of the molecule is CCCCOC(=O)Nc1nc(C(=NOC(c2ccccc2)(c2ccccc2)c2ccccc2)C(=O)O)cs1. The third-order valence-electron chi connectivity index (χ3n) is 5.70. The van der Waals surface area contributed by atoms with Crippen molar-refractivity contribution >= 4 is 34.2 Å². The van der Waals surface area contributed by atoms with Gasteiger partial charge in [0.1, 0.15) is 5.69 Å². The third kappa shape index (κ3) is 6.07. The number of unbranched alkanes of at least 4 members (excludes halogenated alkanes) is 1. The van der Waals surface area contributed by atoms with Crippen LogP contribution < -0.4 is 5.32 Å². The van der Waals surface area contributed by atoms with Gasteiger partial charge in [0.25, 0.3) is 0 Å². The van der Waals surface area contributed by atoms with Gasteiger partial charge in [0.05, 0.1) is 6.61 Å². The Bertz CT molecular complexity index is 1280. The first-order chi connectivity index (χ1) is 18.5. The maximum Gasteiger partial charge on any atom is 0.413 e. The molecule has 0 bridgehead atoms. The molecule has 194 valence electrons. The first kappa shape index (κ1) is 26.6. The number of aromatic nitrogens is 1. The Morgan fingerprint density at radius 1 is 0.921 bits per heavy atom. The van der Waals surface area contributed by atoms with Crippen molar-refractivity contribution in [3.05, 3.63) is 119 Å². The van der Waals surface area contributed by atoms with Crippen LogP contribution in [0.15, 0.2) is 102 Å². The molecule has 0 radical (unpaired) electrons. The topological polar surface area (TPSA) is 110 Å². The van der Waals surface area contributed by atoms with Gasteiger partial charge in [-0.1, -0.05) is 109 Å². The van der Waals surface area contributed by atoms with E-state index in [1.54, 1.807) is 0 Å². The van der Waals surface area contributed by atoms with E-state index in [1.807, 2.05) is 97.9 Å². The number of rotatable bonds is 11. The molecule has 0 spiro atoms. The highest BCUT2D eigenvalue weighted by Crippen LogP contribution is 2.40. The van der Waals surface area contributed by atoms with Crippen LogP contribution in [0.2, 0.25) is 0 Å².